The molecule has 1 heterocycles. The number of hydrogen-bond donors (Lipinski definition) is 0. The van der Waals surface area contributed by atoms with Crippen LogP contribution in [0.25, 0.3) is 0 Å². The Morgan fingerprint density at radius 2 is 1.87 bits per heavy atom. The second kappa shape index (κ2) is 8.26. The molecule has 2 rings (SSSR count). The van der Waals surface area contributed by atoms with Gasteiger partial charge in [-0.1, -0.05) is 11.6 Å². The molecular weight excluding hydrogens is 323 g/mol. The van der Waals surface area contributed by atoms with Gasteiger partial charge in [0.2, 0.25) is 5.91 Å². The first kappa shape index (κ1) is 17.7. The third-order valence-corrected chi connectivity index (χ3v) is 3.98. The van der Waals surface area contributed by atoms with Gasteiger partial charge in [0, 0.05) is 43.9 Å². The van der Waals surface area contributed by atoms with Crippen molar-refractivity contribution in [3.05, 3.63) is 34.6 Å². The molecule has 1 fully saturated rings. The van der Waals surface area contributed by atoms with E-state index in [0.717, 1.165) is 6.07 Å². The number of carbonyl (C=O) groups excluding carboxylic acids is 2. The summed E-state index contributed by atoms with van der Waals surface area (Å²) in [6.45, 7) is 2.42. The molecule has 0 aliphatic carbocycles. The Kier molecular flexibility index (Phi) is 6.36. The van der Waals surface area contributed by atoms with Crippen LogP contribution in [0.15, 0.2) is 18.2 Å². The normalized spacial score (nSPS) is 15.4. The van der Waals surface area contributed by atoms with Crippen LogP contribution in [0.4, 0.5) is 4.39 Å². The van der Waals surface area contributed by atoms with Gasteiger partial charge in [0.25, 0.3) is 5.91 Å². The molecule has 0 unspecified atom stereocenters. The Morgan fingerprint density at radius 3 is 2.57 bits per heavy atom. The number of halogens is 2. The van der Waals surface area contributed by atoms with Crippen LogP contribution < -0.4 is 0 Å². The van der Waals surface area contributed by atoms with E-state index in [1.54, 1.807) is 16.9 Å². The molecule has 0 atom stereocenters. The average molecular weight is 343 g/mol. The van der Waals surface area contributed by atoms with Crippen molar-refractivity contribution in [2.24, 2.45) is 0 Å². The second-order valence-corrected chi connectivity index (χ2v) is 5.86. The van der Waals surface area contributed by atoms with E-state index in [-0.39, 0.29) is 22.4 Å². The molecule has 7 heteroatoms. The van der Waals surface area contributed by atoms with Crippen LogP contribution in [0, 0.1) is 5.82 Å². The maximum Gasteiger partial charge on any atom is 0.254 e. The zero-order valence-corrected chi connectivity index (χ0v) is 13.8. The zero-order valence-electron chi connectivity index (χ0n) is 13.1. The molecule has 0 N–H and O–H groups in total. The zero-order chi connectivity index (χ0) is 16.8. The Morgan fingerprint density at radius 1 is 1.17 bits per heavy atom. The fourth-order valence-electron chi connectivity index (χ4n) is 2.58. The summed E-state index contributed by atoms with van der Waals surface area (Å²) >= 11 is 5.80. The Labute approximate surface area is 140 Å². The van der Waals surface area contributed by atoms with Crippen molar-refractivity contribution in [3.63, 3.8) is 0 Å². The molecule has 1 saturated heterocycles. The molecule has 0 spiro atoms. The van der Waals surface area contributed by atoms with Gasteiger partial charge in [0.1, 0.15) is 5.82 Å². The summed E-state index contributed by atoms with van der Waals surface area (Å²) in [5.41, 5.74) is 0.231. The van der Waals surface area contributed by atoms with Gasteiger partial charge < -0.3 is 14.5 Å². The average Bonchev–Trinajstić information content (AvgIpc) is 2.77. The van der Waals surface area contributed by atoms with E-state index >= 15 is 0 Å². The van der Waals surface area contributed by atoms with Crippen molar-refractivity contribution in [3.8, 4) is 0 Å². The van der Waals surface area contributed by atoms with Crippen LogP contribution in [-0.2, 0) is 9.53 Å². The van der Waals surface area contributed by atoms with Crippen LogP contribution in [0.1, 0.15) is 23.2 Å². The summed E-state index contributed by atoms with van der Waals surface area (Å²) in [4.78, 5) is 27.9. The number of ether oxygens (including phenoxy) is 1. The molecule has 126 valence electrons. The second-order valence-electron chi connectivity index (χ2n) is 5.43. The lowest BCUT2D eigenvalue weighted by atomic mass is 10.2. The molecule has 1 aromatic carbocycles. The molecular formula is C16H20ClFN2O3. The van der Waals surface area contributed by atoms with Crippen LogP contribution in [0.5, 0.6) is 0 Å². The van der Waals surface area contributed by atoms with Crippen LogP contribution in [-0.4, -0.2) is 61.5 Å². The van der Waals surface area contributed by atoms with E-state index in [1.165, 1.54) is 12.1 Å². The van der Waals surface area contributed by atoms with Gasteiger partial charge in [-0.3, -0.25) is 9.59 Å². The number of rotatable bonds is 4. The summed E-state index contributed by atoms with van der Waals surface area (Å²) in [5, 5.41) is 0.194. The third-order valence-electron chi connectivity index (χ3n) is 3.77. The number of methoxy groups -OCH3 is 1. The molecule has 23 heavy (non-hydrogen) atoms. The first-order chi connectivity index (χ1) is 11.0. The van der Waals surface area contributed by atoms with Crippen molar-refractivity contribution < 1.29 is 18.7 Å². The number of nitrogens with zero attached hydrogens (tertiary/aromatic N) is 2. The van der Waals surface area contributed by atoms with Gasteiger partial charge in [0.05, 0.1) is 13.0 Å². The van der Waals surface area contributed by atoms with E-state index in [4.69, 9.17) is 16.3 Å². The predicted octanol–water partition coefficient (Wildman–Crippen LogP) is 2.19. The minimum Gasteiger partial charge on any atom is -0.384 e. The summed E-state index contributed by atoms with van der Waals surface area (Å²) in [6.07, 6.45) is 1.03. The SMILES string of the molecule is COCCC(=O)N1CCCN(C(=O)c2cc(F)cc(Cl)c2)CC1. The van der Waals surface area contributed by atoms with Crippen molar-refractivity contribution in [1.29, 1.82) is 0 Å². The predicted molar refractivity (Wildman–Crippen MR) is 85.0 cm³/mol. The number of benzene rings is 1. The lowest BCUT2D eigenvalue weighted by molar-refractivity contribution is -0.132. The van der Waals surface area contributed by atoms with E-state index in [0.29, 0.717) is 45.6 Å². The van der Waals surface area contributed by atoms with E-state index in [1.807, 2.05) is 0 Å². The first-order valence-corrected chi connectivity index (χ1v) is 7.91. The molecule has 2 amide bonds. The molecule has 1 aliphatic heterocycles. The molecule has 1 aliphatic rings. The molecule has 0 saturated carbocycles. The fraction of sp³-hybridized carbons (Fsp3) is 0.500. The van der Waals surface area contributed by atoms with E-state index in [2.05, 4.69) is 0 Å². The lowest BCUT2D eigenvalue weighted by Crippen LogP contribution is -2.37. The molecule has 0 aromatic heterocycles. The summed E-state index contributed by atoms with van der Waals surface area (Å²) in [7, 11) is 1.56. The van der Waals surface area contributed by atoms with Crippen molar-refractivity contribution >= 4 is 23.4 Å². The Hall–Kier alpha value is -1.66. The molecule has 1 aromatic rings. The number of amides is 2. The van der Waals surface area contributed by atoms with Gasteiger partial charge in [-0.05, 0) is 24.6 Å². The van der Waals surface area contributed by atoms with Crippen molar-refractivity contribution in [2.45, 2.75) is 12.8 Å². The van der Waals surface area contributed by atoms with Gasteiger partial charge >= 0.3 is 0 Å². The summed E-state index contributed by atoms with van der Waals surface area (Å²) < 4.78 is 18.3. The van der Waals surface area contributed by atoms with E-state index < -0.39 is 5.82 Å². The third kappa shape index (κ3) is 4.91. The van der Waals surface area contributed by atoms with E-state index in [9.17, 15) is 14.0 Å². The van der Waals surface area contributed by atoms with Crippen LogP contribution in [0.2, 0.25) is 5.02 Å². The monoisotopic (exact) mass is 342 g/mol. The maximum absolute atomic E-state index is 13.4. The molecule has 0 bridgehead atoms. The molecule has 5 nitrogen and oxygen atoms in total. The summed E-state index contributed by atoms with van der Waals surface area (Å²) in [6, 6.07) is 3.80. The number of hydrogen-bond acceptors (Lipinski definition) is 3. The first-order valence-electron chi connectivity index (χ1n) is 7.53. The minimum atomic E-state index is -0.535. The van der Waals surface area contributed by atoms with Crippen LogP contribution in [0.3, 0.4) is 0 Å². The quantitative estimate of drug-likeness (QED) is 0.842. The van der Waals surface area contributed by atoms with Crippen LogP contribution >= 0.6 is 11.6 Å². The number of carbonyl (C=O) groups is 2. The smallest absolute Gasteiger partial charge is 0.254 e. The van der Waals surface area contributed by atoms with Gasteiger partial charge in [0.15, 0.2) is 0 Å². The highest BCUT2D eigenvalue weighted by Crippen LogP contribution is 2.17. The maximum atomic E-state index is 13.4. The Balaban J connectivity index is 1.99. The van der Waals surface area contributed by atoms with Gasteiger partial charge in [-0.15, -0.1) is 0 Å². The highest BCUT2D eigenvalue weighted by atomic mass is 35.5. The standard InChI is InChI=1S/C16H20ClFN2O3/c1-23-8-3-15(21)19-4-2-5-20(7-6-19)16(22)12-9-13(17)11-14(18)10-12/h9-11H,2-8H2,1H3. The summed E-state index contributed by atoms with van der Waals surface area (Å²) in [5.74, 6) is -0.778. The van der Waals surface area contributed by atoms with Crippen molar-refractivity contribution in [1.82, 2.24) is 9.80 Å². The topological polar surface area (TPSA) is 49.9 Å². The van der Waals surface area contributed by atoms with Crippen molar-refractivity contribution in [2.75, 3.05) is 39.9 Å². The van der Waals surface area contributed by atoms with Gasteiger partial charge in [-0.2, -0.15) is 0 Å². The highest BCUT2D eigenvalue weighted by molar-refractivity contribution is 6.31. The highest BCUT2D eigenvalue weighted by Gasteiger charge is 2.23. The fourth-order valence-corrected chi connectivity index (χ4v) is 2.80. The largest absolute Gasteiger partial charge is 0.384 e. The lowest BCUT2D eigenvalue weighted by Gasteiger charge is -2.22. The molecule has 0 radical (unpaired) electrons. The Bertz CT molecular complexity index is 562. The minimum absolute atomic E-state index is 0.0231. The van der Waals surface area contributed by atoms with Gasteiger partial charge in [-0.25, -0.2) is 4.39 Å².